The van der Waals surface area contributed by atoms with Gasteiger partial charge in [0.1, 0.15) is 5.76 Å². The Hall–Kier alpha value is -3.90. The van der Waals surface area contributed by atoms with Gasteiger partial charge in [-0.05, 0) is 47.5 Å². The van der Waals surface area contributed by atoms with E-state index in [0.29, 0.717) is 21.7 Å². The molecule has 0 saturated carbocycles. The Balaban J connectivity index is 1.80. The van der Waals surface area contributed by atoms with Crippen molar-refractivity contribution in [1.29, 1.82) is 0 Å². The molecule has 1 saturated heterocycles. The quantitative estimate of drug-likeness (QED) is 0.337. The second-order valence-corrected chi connectivity index (χ2v) is 7.78. The van der Waals surface area contributed by atoms with E-state index in [2.05, 4.69) is 0 Å². The Morgan fingerprint density at radius 3 is 2.03 bits per heavy atom. The number of aromatic carboxylic acids is 1. The van der Waals surface area contributed by atoms with E-state index in [9.17, 15) is 19.5 Å². The highest BCUT2D eigenvalue weighted by Gasteiger charge is 2.46. The van der Waals surface area contributed by atoms with Gasteiger partial charge in [-0.3, -0.25) is 9.59 Å². The lowest BCUT2D eigenvalue weighted by Crippen LogP contribution is -2.29. The first kappa shape index (κ1) is 21.3. The van der Waals surface area contributed by atoms with Crippen LogP contribution in [0.2, 0.25) is 5.02 Å². The van der Waals surface area contributed by atoms with Gasteiger partial charge in [-0.25, -0.2) is 4.79 Å². The summed E-state index contributed by atoms with van der Waals surface area (Å²) in [6, 6.07) is 20.6. The number of aliphatic hydroxyl groups is 1. The van der Waals surface area contributed by atoms with Gasteiger partial charge in [-0.2, -0.15) is 0 Å². The first-order valence-corrected chi connectivity index (χ1v) is 10.2. The van der Waals surface area contributed by atoms with Crippen molar-refractivity contribution < 1.29 is 24.6 Å². The number of aliphatic hydroxyl groups excluding tert-OH is 1. The van der Waals surface area contributed by atoms with Gasteiger partial charge in [0.2, 0.25) is 0 Å². The average molecular weight is 448 g/mol. The molecule has 0 spiro atoms. The highest BCUT2D eigenvalue weighted by Crippen LogP contribution is 2.40. The third-order valence-electron chi connectivity index (χ3n) is 5.33. The molecule has 3 aromatic carbocycles. The number of benzene rings is 3. The van der Waals surface area contributed by atoms with E-state index in [1.54, 1.807) is 60.7 Å². The van der Waals surface area contributed by atoms with Crippen LogP contribution in [-0.4, -0.2) is 32.8 Å². The molecule has 1 aliphatic rings. The second kappa shape index (κ2) is 8.69. The van der Waals surface area contributed by atoms with Crippen LogP contribution in [0.4, 0.5) is 0 Å². The zero-order valence-corrected chi connectivity index (χ0v) is 17.5. The molecule has 1 heterocycles. The molecule has 32 heavy (non-hydrogen) atoms. The first-order valence-electron chi connectivity index (χ1n) is 9.78. The average Bonchev–Trinajstić information content (AvgIpc) is 3.05. The van der Waals surface area contributed by atoms with Crippen molar-refractivity contribution in [2.45, 2.75) is 12.6 Å². The summed E-state index contributed by atoms with van der Waals surface area (Å²) in [5.74, 6) is -2.85. The number of carbonyl (C=O) groups is 3. The maximum absolute atomic E-state index is 13.0. The summed E-state index contributed by atoms with van der Waals surface area (Å²) in [5.41, 5.74) is 1.82. The largest absolute Gasteiger partial charge is 0.507 e. The molecule has 1 amide bonds. The van der Waals surface area contributed by atoms with E-state index >= 15 is 0 Å². The summed E-state index contributed by atoms with van der Waals surface area (Å²) in [6.45, 7) is 0.0709. The summed E-state index contributed by atoms with van der Waals surface area (Å²) in [6.07, 6.45) is 0. The maximum atomic E-state index is 13.0. The van der Waals surface area contributed by atoms with Crippen LogP contribution in [-0.2, 0) is 16.1 Å². The zero-order valence-electron chi connectivity index (χ0n) is 16.7. The highest BCUT2D eigenvalue weighted by molar-refractivity contribution is 6.46. The predicted octanol–water partition coefficient (Wildman–Crippen LogP) is 4.66. The molecule has 3 aromatic rings. The van der Waals surface area contributed by atoms with Crippen LogP contribution in [0.15, 0.2) is 84.4 Å². The molecule has 1 fully saturated rings. The third kappa shape index (κ3) is 4.00. The van der Waals surface area contributed by atoms with E-state index < -0.39 is 23.7 Å². The molecular formula is C25H18ClNO5. The van der Waals surface area contributed by atoms with Gasteiger partial charge in [0.25, 0.3) is 11.7 Å². The van der Waals surface area contributed by atoms with Crippen molar-refractivity contribution >= 4 is 35.0 Å². The molecule has 160 valence electrons. The number of hydrogen-bond donors (Lipinski definition) is 2. The van der Waals surface area contributed by atoms with Gasteiger partial charge in [-0.15, -0.1) is 0 Å². The fourth-order valence-corrected chi connectivity index (χ4v) is 3.86. The number of likely N-dealkylation sites (tertiary alicyclic amines) is 1. The first-order chi connectivity index (χ1) is 15.4. The topological polar surface area (TPSA) is 94.9 Å². The molecule has 0 aliphatic carbocycles. The molecule has 1 aliphatic heterocycles. The smallest absolute Gasteiger partial charge is 0.335 e. The van der Waals surface area contributed by atoms with Crippen molar-refractivity contribution in [3.8, 4) is 0 Å². The Morgan fingerprint density at radius 1 is 0.844 bits per heavy atom. The SMILES string of the molecule is O=C1C(=O)N(Cc2ccc(C(=O)O)cc2)C(c2ccccc2)/C1=C(\O)c1ccc(Cl)cc1. The monoisotopic (exact) mass is 447 g/mol. The van der Waals surface area contributed by atoms with Crippen molar-refractivity contribution in [2.24, 2.45) is 0 Å². The molecular weight excluding hydrogens is 430 g/mol. The van der Waals surface area contributed by atoms with E-state index in [-0.39, 0.29) is 23.4 Å². The standard InChI is InChI=1S/C25H18ClNO5/c26-19-12-10-17(11-13-19)22(28)20-21(16-4-2-1-3-5-16)27(24(30)23(20)29)14-15-6-8-18(9-7-15)25(31)32/h1-13,21,28H,14H2,(H,31,32)/b22-20+. The van der Waals surface area contributed by atoms with Gasteiger partial charge in [0.05, 0.1) is 17.2 Å². The number of rotatable bonds is 5. The van der Waals surface area contributed by atoms with Crippen molar-refractivity contribution in [3.05, 3.63) is 112 Å². The van der Waals surface area contributed by atoms with Crippen LogP contribution in [0.25, 0.3) is 5.76 Å². The number of halogens is 1. The lowest BCUT2D eigenvalue weighted by Gasteiger charge is -2.25. The summed E-state index contributed by atoms with van der Waals surface area (Å²) in [7, 11) is 0. The molecule has 2 N–H and O–H groups in total. The Morgan fingerprint density at radius 2 is 1.44 bits per heavy atom. The normalized spacial score (nSPS) is 17.5. The number of hydrogen-bond acceptors (Lipinski definition) is 4. The molecule has 1 unspecified atom stereocenters. The van der Waals surface area contributed by atoms with Crippen LogP contribution in [0.3, 0.4) is 0 Å². The van der Waals surface area contributed by atoms with Gasteiger partial charge in [0.15, 0.2) is 0 Å². The predicted molar refractivity (Wildman–Crippen MR) is 119 cm³/mol. The summed E-state index contributed by atoms with van der Waals surface area (Å²) >= 11 is 5.93. The van der Waals surface area contributed by atoms with Crippen molar-refractivity contribution in [2.75, 3.05) is 0 Å². The Bertz CT molecular complexity index is 1220. The van der Waals surface area contributed by atoms with Crippen LogP contribution >= 0.6 is 11.6 Å². The summed E-state index contributed by atoms with van der Waals surface area (Å²) in [5, 5.41) is 20.6. The molecule has 0 bridgehead atoms. The van der Waals surface area contributed by atoms with Crippen molar-refractivity contribution in [3.63, 3.8) is 0 Å². The maximum Gasteiger partial charge on any atom is 0.335 e. The van der Waals surface area contributed by atoms with Gasteiger partial charge >= 0.3 is 5.97 Å². The number of ketones is 1. The second-order valence-electron chi connectivity index (χ2n) is 7.35. The van der Waals surface area contributed by atoms with E-state index in [0.717, 1.165) is 0 Å². The summed E-state index contributed by atoms with van der Waals surface area (Å²) in [4.78, 5) is 38.5. The van der Waals surface area contributed by atoms with Crippen LogP contribution in [0, 0.1) is 0 Å². The molecule has 0 radical (unpaired) electrons. The van der Waals surface area contributed by atoms with Crippen LogP contribution < -0.4 is 0 Å². The molecule has 6 nitrogen and oxygen atoms in total. The third-order valence-corrected chi connectivity index (χ3v) is 5.58. The molecule has 0 aromatic heterocycles. The highest BCUT2D eigenvalue weighted by atomic mass is 35.5. The summed E-state index contributed by atoms with van der Waals surface area (Å²) < 4.78 is 0. The van der Waals surface area contributed by atoms with E-state index in [1.807, 2.05) is 6.07 Å². The molecule has 1 atom stereocenters. The number of carboxylic acids is 1. The zero-order chi connectivity index (χ0) is 22.8. The number of carbonyl (C=O) groups excluding carboxylic acids is 2. The number of nitrogens with zero attached hydrogens (tertiary/aromatic N) is 1. The minimum absolute atomic E-state index is 0.00863. The molecule has 4 rings (SSSR count). The van der Waals surface area contributed by atoms with Gasteiger partial charge in [-0.1, -0.05) is 54.1 Å². The van der Waals surface area contributed by atoms with Gasteiger partial charge in [0, 0.05) is 17.1 Å². The van der Waals surface area contributed by atoms with E-state index in [1.165, 1.54) is 17.0 Å². The van der Waals surface area contributed by atoms with Crippen LogP contribution in [0.5, 0.6) is 0 Å². The number of Topliss-reactive ketones (excluding diaryl/α,β-unsaturated/α-hetero) is 1. The Kier molecular flexibility index (Phi) is 5.79. The van der Waals surface area contributed by atoms with E-state index in [4.69, 9.17) is 16.7 Å². The molecule has 7 heteroatoms. The lowest BCUT2D eigenvalue weighted by molar-refractivity contribution is -0.140. The fraction of sp³-hybridized carbons (Fsp3) is 0.0800. The minimum atomic E-state index is -1.05. The van der Waals surface area contributed by atoms with Gasteiger partial charge < -0.3 is 15.1 Å². The number of amides is 1. The van der Waals surface area contributed by atoms with Crippen LogP contribution in [0.1, 0.15) is 33.1 Å². The number of carboxylic acid groups (broad SMARTS) is 1. The fourth-order valence-electron chi connectivity index (χ4n) is 3.74. The minimum Gasteiger partial charge on any atom is -0.507 e. The lowest BCUT2D eigenvalue weighted by atomic mass is 9.95. The van der Waals surface area contributed by atoms with Crippen molar-refractivity contribution in [1.82, 2.24) is 4.90 Å². The Labute approximate surface area is 189 Å².